The van der Waals surface area contributed by atoms with Crippen LogP contribution in [0.5, 0.6) is 0 Å². The number of carbonyl (C=O) groups excluding carboxylic acids is 2. The van der Waals surface area contributed by atoms with Gasteiger partial charge in [0.15, 0.2) is 5.78 Å². The number of hydrogen-bond donors (Lipinski definition) is 0. The highest BCUT2D eigenvalue weighted by atomic mass is 16.5. The third-order valence-electron chi connectivity index (χ3n) is 10.6. The number of allylic oxidation sites excluding steroid dienone is 4. The molecular formula is C28H38O3. The van der Waals surface area contributed by atoms with Crippen molar-refractivity contribution in [2.45, 2.75) is 85.7 Å². The van der Waals surface area contributed by atoms with Crippen molar-refractivity contribution in [2.24, 2.45) is 40.4 Å². The molecule has 0 radical (unpaired) electrons. The zero-order valence-corrected chi connectivity index (χ0v) is 19.9. The van der Waals surface area contributed by atoms with Crippen LogP contribution in [0.25, 0.3) is 0 Å². The maximum atomic E-state index is 12.4. The Kier molecular flexibility index (Phi) is 4.92. The summed E-state index contributed by atoms with van der Waals surface area (Å²) in [5, 5.41) is 0. The third-order valence-corrected chi connectivity index (χ3v) is 10.6. The summed E-state index contributed by atoms with van der Waals surface area (Å²) in [7, 11) is 0. The van der Waals surface area contributed by atoms with E-state index in [1.165, 1.54) is 43.3 Å². The normalized spacial score (nSPS) is 45.5. The molecule has 0 aromatic rings. The van der Waals surface area contributed by atoms with Crippen molar-refractivity contribution in [1.82, 2.24) is 0 Å². The van der Waals surface area contributed by atoms with Gasteiger partial charge < -0.3 is 4.74 Å². The number of cyclic esters (lactones) is 1. The molecule has 1 heterocycles. The highest BCUT2D eigenvalue weighted by molar-refractivity contribution is 6.01. The number of rotatable bonds is 2. The van der Waals surface area contributed by atoms with E-state index in [0.717, 1.165) is 30.3 Å². The fourth-order valence-corrected chi connectivity index (χ4v) is 8.55. The molecule has 5 rings (SSSR count). The Morgan fingerprint density at radius 3 is 2.58 bits per heavy atom. The molecule has 3 fully saturated rings. The molecule has 3 heteroatoms. The molecule has 168 valence electrons. The molecule has 0 spiro atoms. The maximum Gasteiger partial charge on any atom is 0.333 e. The maximum absolute atomic E-state index is 12.4. The van der Waals surface area contributed by atoms with E-state index in [0.29, 0.717) is 23.2 Å². The topological polar surface area (TPSA) is 43.4 Å². The Morgan fingerprint density at radius 2 is 1.84 bits per heavy atom. The van der Waals surface area contributed by atoms with Crippen LogP contribution in [-0.2, 0) is 14.3 Å². The van der Waals surface area contributed by atoms with Crippen LogP contribution < -0.4 is 0 Å². The van der Waals surface area contributed by atoms with Crippen LogP contribution >= 0.6 is 0 Å². The number of esters is 1. The average Bonchev–Trinajstić information content (AvgIpc) is 3.08. The van der Waals surface area contributed by atoms with Crippen LogP contribution in [0.4, 0.5) is 0 Å². The summed E-state index contributed by atoms with van der Waals surface area (Å²) in [6.45, 7) is 11.3. The summed E-state index contributed by atoms with van der Waals surface area (Å²) in [6, 6.07) is 0. The van der Waals surface area contributed by atoms with Gasteiger partial charge in [-0.1, -0.05) is 38.0 Å². The van der Waals surface area contributed by atoms with Crippen molar-refractivity contribution < 1.29 is 14.3 Å². The number of fused-ring (bicyclic) bond motifs is 5. The zero-order chi connectivity index (χ0) is 22.1. The van der Waals surface area contributed by atoms with Gasteiger partial charge in [0.1, 0.15) is 6.10 Å². The van der Waals surface area contributed by atoms with Crippen LogP contribution in [0.1, 0.15) is 79.6 Å². The molecule has 0 aromatic heterocycles. The highest BCUT2D eigenvalue weighted by Gasteiger charge is 2.59. The van der Waals surface area contributed by atoms with Gasteiger partial charge in [0.25, 0.3) is 0 Å². The smallest absolute Gasteiger partial charge is 0.333 e. The number of ether oxygens (including phenoxy) is 1. The van der Waals surface area contributed by atoms with E-state index in [9.17, 15) is 9.59 Å². The second-order valence-corrected chi connectivity index (χ2v) is 11.7. The van der Waals surface area contributed by atoms with E-state index in [1.54, 1.807) is 0 Å². The minimum atomic E-state index is -0.109. The fourth-order valence-electron chi connectivity index (χ4n) is 8.55. The van der Waals surface area contributed by atoms with Crippen molar-refractivity contribution >= 4 is 11.8 Å². The van der Waals surface area contributed by atoms with Crippen molar-refractivity contribution in [3.05, 3.63) is 34.9 Å². The molecule has 0 N–H and O–H groups in total. The Balaban J connectivity index is 1.38. The lowest BCUT2D eigenvalue weighted by atomic mass is 9.47. The van der Waals surface area contributed by atoms with Crippen LogP contribution in [0, 0.1) is 40.4 Å². The predicted octanol–water partition coefficient (Wildman–Crippen LogP) is 6.20. The fraction of sp³-hybridized carbons (Fsp3) is 0.714. The van der Waals surface area contributed by atoms with Crippen LogP contribution in [0.3, 0.4) is 0 Å². The number of ketones is 1. The van der Waals surface area contributed by atoms with E-state index in [1.807, 2.05) is 19.1 Å². The van der Waals surface area contributed by atoms with Gasteiger partial charge in [-0.05, 0) is 99.5 Å². The summed E-state index contributed by atoms with van der Waals surface area (Å²) in [6.07, 6.45) is 14.3. The first-order chi connectivity index (χ1) is 14.6. The summed E-state index contributed by atoms with van der Waals surface area (Å²) < 4.78 is 5.93. The quantitative estimate of drug-likeness (QED) is 0.498. The van der Waals surface area contributed by atoms with Gasteiger partial charge in [0.05, 0.1) is 0 Å². The van der Waals surface area contributed by atoms with E-state index in [2.05, 4.69) is 33.8 Å². The standard InChI is InChI=1S/C28H38O3/c1-16-14-25(31-26(30)17(16)2)18(3)22-8-9-23-21-7-6-19-15-20(29)10-12-27(19,4)24(21)11-13-28(22,23)5/h10,12,15,18,21-25H,6-9,11,13-14H2,1-5H3/t18-,21-,22+,23-,24-,25?,27-,28+/m0/s1. The monoisotopic (exact) mass is 422 g/mol. The van der Waals surface area contributed by atoms with Crippen LogP contribution in [0.2, 0.25) is 0 Å². The molecule has 3 nitrogen and oxygen atoms in total. The van der Waals surface area contributed by atoms with Crippen LogP contribution in [-0.4, -0.2) is 17.9 Å². The molecule has 8 atom stereocenters. The number of carbonyl (C=O) groups is 2. The molecular weight excluding hydrogens is 384 g/mol. The summed E-state index contributed by atoms with van der Waals surface area (Å²) in [4.78, 5) is 24.3. The van der Waals surface area contributed by atoms with E-state index < -0.39 is 0 Å². The lowest BCUT2D eigenvalue weighted by molar-refractivity contribution is -0.151. The van der Waals surface area contributed by atoms with Crippen molar-refractivity contribution in [3.63, 3.8) is 0 Å². The van der Waals surface area contributed by atoms with Gasteiger partial charge in [-0.3, -0.25) is 4.79 Å². The van der Waals surface area contributed by atoms with E-state index >= 15 is 0 Å². The SMILES string of the molecule is CC1=C(C)C(=O)OC([C@@H](C)[C@H]2CC[C@H]3[C@@H]4CCC5=CC(=O)C=C[C@]5(C)[C@H]4CC[C@]23C)C1. The van der Waals surface area contributed by atoms with Gasteiger partial charge in [-0.2, -0.15) is 0 Å². The lowest BCUT2D eigenvalue weighted by Gasteiger charge is -2.57. The molecule has 0 saturated heterocycles. The summed E-state index contributed by atoms with van der Waals surface area (Å²) in [5.41, 5.74) is 3.79. The Bertz CT molecular complexity index is 907. The second kappa shape index (κ2) is 7.18. The first kappa shape index (κ1) is 21.2. The average molecular weight is 423 g/mol. The van der Waals surface area contributed by atoms with E-state index in [-0.39, 0.29) is 23.3 Å². The summed E-state index contributed by atoms with van der Waals surface area (Å²) in [5.74, 6) is 3.24. The van der Waals surface area contributed by atoms with Gasteiger partial charge in [0, 0.05) is 17.4 Å². The van der Waals surface area contributed by atoms with Gasteiger partial charge in [-0.15, -0.1) is 0 Å². The van der Waals surface area contributed by atoms with Crippen molar-refractivity contribution in [3.8, 4) is 0 Å². The molecule has 1 unspecified atom stereocenters. The molecule has 4 aliphatic carbocycles. The van der Waals surface area contributed by atoms with Crippen LogP contribution in [0.15, 0.2) is 34.9 Å². The van der Waals surface area contributed by atoms with Crippen molar-refractivity contribution in [1.29, 1.82) is 0 Å². The molecule has 5 aliphatic rings. The minimum Gasteiger partial charge on any atom is -0.458 e. The van der Waals surface area contributed by atoms with Crippen molar-refractivity contribution in [2.75, 3.05) is 0 Å². The second-order valence-electron chi connectivity index (χ2n) is 11.7. The number of hydrogen-bond acceptors (Lipinski definition) is 3. The molecule has 0 bridgehead atoms. The first-order valence-corrected chi connectivity index (χ1v) is 12.5. The lowest BCUT2D eigenvalue weighted by Crippen LogP contribution is -2.51. The molecule has 3 saturated carbocycles. The highest BCUT2D eigenvalue weighted by Crippen LogP contribution is 2.67. The summed E-state index contributed by atoms with van der Waals surface area (Å²) >= 11 is 0. The Hall–Kier alpha value is -1.64. The van der Waals surface area contributed by atoms with Gasteiger partial charge in [0.2, 0.25) is 0 Å². The molecule has 1 aliphatic heterocycles. The first-order valence-electron chi connectivity index (χ1n) is 12.5. The molecule has 0 amide bonds. The van der Waals surface area contributed by atoms with Gasteiger partial charge >= 0.3 is 5.97 Å². The van der Waals surface area contributed by atoms with Gasteiger partial charge in [-0.25, -0.2) is 4.79 Å². The third kappa shape index (κ3) is 3.05. The molecule has 31 heavy (non-hydrogen) atoms. The minimum absolute atomic E-state index is 0.0280. The predicted molar refractivity (Wildman–Crippen MR) is 122 cm³/mol. The molecule has 0 aromatic carbocycles. The Morgan fingerprint density at radius 1 is 1.06 bits per heavy atom. The Labute approximate surface area is 187 Å². The largest absolute Gasteiger partial charge is 0.458 e. The van der Waals surface area contributed by atoms with E-state index in [4.69, 9.17) is 4.74 Å². The zero-order valence-electron chi connectivity index (χ0n) is 19.9.